The van der Waals surface area contributed by atoms with Gasteiger partial charge >= 0.3 is 0 Å². The lowest BCUT2D eigenvalue weighted by molar-refractivity contribution is 0.226. The third-order valence-electron chi connectivity index (χ3n) is 4.49. The van der Waals surface area contributed by atoms with Gasteiger partial charge < -0.3 is 16.0 Å². The van der Waals surface area contributed by atoms with Crippen LogP contribution in [0, 0.1) is 12.8 Å². The summed E-state index contributed by atoms with van der Waals surface area (Å²) in [6, 6.07) is 6.17. The molecule has 1 aromatic heterocycles. The van der Waals surface area contributed by atoms with Crippen LogP contribution in [0.25, 0.3) is 10.8 Å². The van der Waals surface area contributed by atoms with Gasteiger partial charge in [-0.05, 0) is 64.0 Å². The van der Waals surface area contributed by atoms with Gasteiger partial charge in [0.05, 0.1) is 0 Å². The van der Waals surface area contributed by atoms with Gasteiger partial charge in [-0.3, -0.25) is 4.98 Å². The number of hydrogen-bond acceptors (Lipinski definition) is 4. The Bertz CT molecular complexity index is 630. The molecule has 2 heterocycles. The number of anilines is 2. The predicted molar refractivity (Wildman–Crippen MR) is 89.6 cm³/mol. The second kappa shape index (κ2) is 5.90. The topological polar surface area (TPSA) is 54.2 Å². The van der Waals surface area contributed by atoms with E-state index in [2.05, 4.69) is 34.4 Å². The largest absolute Gasteiger partial charge is 0.398 e. The molecule has 4 nitrogen and oxygen atoms in total. The first-order chi connectivity index (χ1) is 10.1. The zero-order chi connectivity index (χ0) is 14.8. The van der Waals surface area contributed by atoms with E-state index in [-0.39, 0.29) is 0 Å². The molecule has 0 bridgehead atoms. The van der Waals surface area contributed by atoms with Gasteiger partial charge in [-0.25, -0.2) is 0 Å². The standard InChI is InChI=1S/C17H24N4/c1-12-9-14-15(11-19-12)16(18)3-4-17(14)20-10-13-5-7-21(2)8-6-13/h3-4,9,11,13,20H,5-8,10,18H2,1-2H3. The Morgan fingerprint density at radius 2 is 2.05 bits per heavy atom. The maximum atomic E-state index is 6.06. The maximum Gasteiger partial charge on any atom is 0.0422 e. The van der Waals surface area contributed by atoms with Crippen molar-refractivity contribution in [2.75, 3.05) is 37.7 Å². The average Bonchev–Trinajstić information content (AvgIpc) is 2.48. The second-order valence-corrected chi connectivity index (χ2v) is 6.20. The Kier molecular flexibility index (Phi) is 3.97. The van der Waals surface area contributed by atoms with Crippen molar-refractivity contribution in [2.24, 2.45) is 5.92 Å². The van der Waals surface area contributed by atoms with Gasteiger partial charge in [-0.1, -0.05) is 0 Å². The van der Waals surface area contributed by atoms with Crippen molar-refractivity contribution in [3.63, 3.8) is 0 Å². The third-order valence-corrected chi connectivity index (χ3v) is 4.49. The molecule has 1 fully saturated rings. The molecular formula is C17H24N4. The summed E-state index contributed by atoms with van der Waals surface area (Å²) in [4.78, 5) is 6.76. The number of piperidine rings is 1. The molecule has 2 aromatic rings. The molecular weight excluding hydrogens is 260 g/mol. The number of nitrogens with zero attached hydrogens (tertiary/aromatic N) is 2. The normalized spacial score (nSPS) is 17.2. The number of nitrogens with one attached hydrogen (secondary N) is 1. The van der Waals surface area contributed by atoms with Gasteiger partial charge in [0.1, 0.15) is 0 Å². The molecule has 3 N–H and O–H groups in total. The van der Waals surface area contributed by atoms with Gasteiger partial charge in [0.2, 0.25) is 0 Å². The van der Waals surface area contributed by atoms with Crippen LogP contribution >= 0.6 is 0 Å². The molecule has 1 saturated heterocycles. The first-order valence-electron chi connectivity index (χ1n) is 7.71. The first kappa shape index (κ1) is 14.1. The molecule has 0 amide bonds. The van der Waals surface area contributed by atoms with Crippen LogP contribution in [-0.4, -0.2) is 36.6 Å². The van der Waals surface area contributed by atoms with Gasteiger partial charge in [0.25, 0.3) is 0 Å². The lowest BCUT2D eigenvalue weighted by atomic mass is 9.97. The maximum absolute atomic E-state index is 6.06. The minimum Gasteiger partial charge on any atom is -0.398 e. The number of aromatic nitrogens is 1. The summed E-state index contributed by atoms with van der Waals surface area (Å²) in [5.74, 6) is 0.761. The summed E-state index contributed by atoms with van der Waals surface area (Å²) in [6.45, 7) is 5.47. The van der Waals surface area contributed by atoms with Gasteiger partial charge in [0.15, 0.2) is 0 Å². The smallest absolute Gasteiger partial charge is 0.0422 e. The van der Waals surface area contributed by atoms with Gasteiger partial charge in [-0.2, -0.15) is 0 Å². The lowest BCUT2D eigenvalue weighted by Gasteiger charge is -2.29. The van der Waals surface area contributed by atoms with Crippen LogP contribution in [0.1, 0.15) is 18.5 Å². The van der Waals surface area contributed by atoms with Gasteiger partial charge in [-0.15, -0.1) is 0 Å². The summed E-state index contributed by atoms with van der Waals surface area (Å²) < 4.78 is 0. The van der Waals surface area contributed by atoms with Crippen molar-refractivity contribution in [3.8, 4) is 0 Å². The highest BCUT2D eigenvalue weighted by Crippen LogP contribution is 2.29. The molecule has 1 aliphatic rings. The Morgan fingerprint density at radius 1 is 1.29 bits per heavy atom. The second-order valence-electron chi connectivity index (χ2n) is 6.20. The molecule has 1 aromatic carbocycles. The van der Waals surface area contributed by atoms with Crippen LogP contribution in [0.3, 0.4) is 0 Å². The van der Waals surface area contributed by atoms with Gasteiger partial charge in [0, 0.05) is 40.6 Å². The Labute approximate surface area is 126 Å². The molecule has 4 heteroatoms. The molecule has 0 atom stereocenters. The van der Waals surface area contributed by atoms with Crippen LogP contribution < -0.4 is 11.1 Å². The van der Waals surface area contributed by atoms with E-state index in [1.807, 2.05) is 19.2 Å². The zero-order valence-electron chi connectivity index (χ0n) is 12.9. The fraction of sp³-hybridized carbons (Fsp3) is 0.471. The van der Waals surface area contributed by atoms with E-state index in [4.69, 9.17) is 5.73 Å². The quantitative estimate of drug-likeness (QED) is 0.851. The fourth-order valence-corrected chi connectivity index (χ4v) is 3.04. The van der Waals surface area contributed by atoms with Crippen molar-refractivity contribution in [1.29, 1.82) is 0 Å². The molecule has 0 unspecified atom stereocenters. The fourth-order valence-electron chi connectivity index (χ4n) is 3.04. The monoisotopic (exact) mass is 284 g/mol. The number of benzene rings is 1. The third kappa shape index (κ3) is 3.10. The summed E-state index contributed by atoms with van der Waals surface area (Å²) in [5, 5.41) is 5.84. The van der Waals surface area contributed by atoms with Crippen LogP contribution in [0.5, 0.6) is 0 Å². The molecule has 3 rings (SSSR count). The van der Waals surface area contributed by atoms with E-state index in [1.165, 1.54) is 37.0 Å². The van der Waals surface area contributed by atoms with E-state index in [0.717, 1.165) is 29.2 Å². The number of nitrogen functional groups attached to an aromatic ring is 1. The number of nitrogens with two attached hydrogens (primary N) is 1. The van der Waals surface area contributed by atoms with Crippen molar-refractivity contribution < 1.29 is 0 Å². The Morgan fingerprint density at radius 3 is 2.81 bits per heavy atom. The number of likely N-dealkylation sites (tertiary alicyclic amines) is 1. The van der Waals surface area contributed by atoms with E-state index < -0.39 is 0 Å². The Balaban J connectivity index is 1.78. The summed E-state index contributed by atoms with van der Waals surface area (Å²) in [7, 11) is 2.20. The minimum absolute atomic E-state index is 0.761. The van der Waals surface area contributed by atoms with Crippen LogP contribution in [0.2, 0.25) is 0 Å². The zero-order valence-corrected chi connectivity index (χ0v) is 12.9. The van der Waals surface area contributed by atoms with E-state index in [9.17, 15) is 0 Å². The van der Waals surface area contributed by atoms with E-state index >= 15 is 0 Å². The summed E-state index contributed by atoms with van der Waals surface area (Å²) in [5.41, 5.74) is 9.04. The lowest BCUT2D eigenvalue weighted by Crippen LogP contribution is -2.32. The van der Waals surface area contributed by atoms with Crippen molar-refractivity contribution in [3.05, 3.63) is 30.1 Å². The van der Waals surface area contributed by atoms with Crippen LogP contribution in [0.4, 0.5) is 11.4 Å². The Hall–Kier alpha value is -1.81. The number of pyridine rings is 1. The van der Waals surface area contributed by atoms with E-state index in [1.54, 1.807) is 0 Å². The highest BCUT2D eigenvalue weighted by atomic mass is 15.1. The molecule has 112 valence electrons. The van der Waals surface area contributed by atoms with Crippen molar-refractivity contribution in [1.82, 2.24) is 9.88 Å². The molecule has 0 spiro atoms. The summed E-state index contributed by atoms with van der Waals surface area (Å²) in [6.07, 6.45) is 4.43. The number of hydrogen-bond donors (Lipinski definition) is 2. The van der Waals surface area contributed by atoms with E-state index in [0.29, 0.717) is 0 Å². The highest BCUT2D eigenvalue weighted by Gasteiger charge is 2.16. The average molecular weight is 284 g/mol. The number of aryl methyl sites for hydroxylation is 1. The number of fused-ring (bicyclic) bond motifs is 1. The number of rotatable bonds is 3. The van der Waals surface area contributed by atoms with Crippen LogP contribution in [0.15, 0.2) is 24.4 Å². The molecule has 0 aliphatic carbocycles. The van der Waals surface area contributed by atoms with Crippen molar-refractivity contribution in [2.45, 2.75) is 19.8 Å². The van der Waals surface area contributed by atoms with Crippen molar-refractivity contribution >= 4 is 22.1 Å². The molecule has 21 heavy (non-hydrogen) atoms. The minimum atomic E-state index is 0.761. The SMILES string of the molecule is Cc1cc2c(NCC3CCN(C)CC3)ccc(N)c2cn1. The van der Waals surface area contributed by atoms with Crippen LogP contribution in [-0.2, 0) is 0 Å². The predicted octanol–water partition coefficient (Wildman–Crippen LogP) is 2.88. The molecule has 0 radical (unpaired) electrons. The first-order valence-corrected chi connectivity index (χ1v) is 7.71. The molecule has 1 aliphatic heterocycles. The summed E-state index contributed by atoms with van der Waals surface area (Å²) >= 11 is 0. The molecule has 0 saturated carbocycles. The highest BCUT2D eigenvalue weighted by molar-refractivity contribution is 6.00.